The van der Waals surface area contributed by atoms with Gasteiger partial charge in [-0.3, -0.25) is 0 Å². The van der Waals surface area contributed by atoms with E-state index in [4.69, 9.17) is 10.5 Å². The van der Waals surface area contributed by atoms with Crippen molar-refractivity contribution in [3.05, 3.63) is 35.9 Å². The minimum Gasteiger partial charge on any atom is -0.383 e. The second-order valence-electron chi connectivity index (χ2n) is 4.28. The lowest BCUT2D eigenvalue weighted by Crippen LogP contribution is -2.23. The Balaban J connectivity index is 2.40. The second-order valence-corrected chi connectivity index (χ2v) is 4.28. The molecule has 96 valence electrons. The highest BCUT2D eigenvalue weighted by atomic mass is 16.5. The number of anilines is 1. The lowest BCUT2D eigenvalue weighted by atomic mass is 10.1. The molecule has 0 aliphatic heterocycles. The topological polar surface area (TPSA) is 51.4 Å². The fourth-order valence-corrected chi connectivity index (χ4v) is 1.94. The molecule has 4 heteroatoms. The number of hydrogen-bond acceptors (Lipinski definition) is 4. The molecule has 2 N–H and O–H groups in total. The van der Waals surface area contributed by atoms with Gasteiger partial charge in [0.1, 0.15) is 5.82 Å². The number of likely N-dealkylation sites (N-methyl/N-ethyl adjacent to an activating group) is 1. The zero-order valence-corrected chi connectivity index (χ0v) is 10.9. The molecule has 2 aromatic rings. The van der Waals surface area contributed by atoms with Gasteiger partial charge < -0.3 is 15.4 Å². The number of nitrogens with two attached hydrogens (primary N) is 1. The first kappa shape index (κ1) is 12.8. The van der Waals surface area contributed by atoms with Crippen molar-refractivity contribution in [3.8, 4) is 0 Å². The summed E-state index contributed by atoms with van der Waals surface area (Å²) in [6, 6.07) is 10.1. The summed E-state index contributed by atoms with van der Waals surface area (Å²) in [7, 11) is 3.71. The molecule has 0 aliphatic carbocycles. The summed E-state index contributed by atoms with van der Waals surface area (Å²) in [6.45, 7) is 2.02. The molecule has 0 aliphatic rings. The number of fused-ring (bicyclic) bond motifs is 1. The van der Waals surface area contributed by atoms with Crippen LogP contribution in [0.15, 0.2) is 30.3 Å². The molecule has 0 fully saturated rings. The number of ether oxygens (including phenoxy) is 1. The summed E-state index contributed by atoms with van der Waals surface area (Å²) in [5.41, 5.74) is 7.92. The quantitative estimate of drug-likeness (QED) is 0.872. The lowest BCUT2D eigenvalue weighted by molar-refractivity contribution is 0.206. The number of para-hydroxylation sites is 1. The Morgan fingerprint density at radius 1 is 1.33 bits per heavy atom. The highest BCUT2D eigenvalue weighted by Crippen LogP contribution is 2.21. The third-order valence-electron chi connectivity index (χ3n) is 3.03. The third-order valence-corrected chi connectivity index (χ3v) is 3.03. The van der Waals surface area contributed by atoms with Gasteiger partial charge in [0.15, 0.2) is 0 Å². The molecule has 0 radical (unpaired) electrons. The van der Waals surface area contributed by atoms with E-state index in [1.165, 1.54) is 0 Å². The van der Waals surface area contributed by atoms with E-state index in [0.29, 0.717) is 13.2 Å². The van der Waals surface area contributed by atoms with Gasteiger partial charge in [-0.15, -0.1) is 0 Å². The molecule has 0 saturated heterocycles. The Bertz CT molecular complexity index is 527. The molecule has 1 heterocycles. The van der Waals surface area contributed by atoms with E-state index in [1.54, 1.807) is 7.11 Å². The van der Waals surface area contributed by atoms with Crippen LogP contribution in [0.4, 0.5) is 5.82 Å². The van der Waals surface area contributed by atoms with Crippen molar-refractivity contribution in [2.75, 3.05) is 32.2 Å². The number of aromatic nitrogens is 1. The fraction of sp³-hybridized carbons (Fsp3) is 0.357. The average molecular weight is 245 g/mol. The van der Waals surface area contributed by atoms with Crippen LogP contribution in [0, 0.1) is 0 Å². The van der Waals surface area contributed by atoms with Gasteiger partial charge in [-0.2, -0.15) is 0 Å². The first-order chi connectivity index (χ1) is 8.76. The van der Waals surface area contributed by atoms with Crippen molar-refractivity contribution < 1.29 is 4.74 Å². The third kappa shape index (κ3) is 2.60. The van der Waals surface area contributed by atoms with Gasteiger partial charge in [0.2, 0.25) is 0 Å². The van der Waals surface area contributed by atoms with Crippen LogP contribution in [0.5, 0.6) is 0 Å². The number of nitrogens with zero attached hydrogens (tertiary/aromatic N) is 2. The summed E-state index contributed by atoms with van der Waals surface area (Å²) in [6.07, 6.45) is 0. The maximum Gasteiger partial charge on any atom is 0.129 e. The molecular weight excluding hydrogens is 226 g/mol. The molecule has 0 amide bonds. The zero-order valence-electron chi connectivity index (χ0n) is 10.9. The van der Waals surface area contributed by atoms with Crippen LogP contribution in [0.1, 0.15) is 5.56 Å². The highest BCUT2D eigenvalue weighted by Gasteiger charge is 2.07. The van der Waals surface area contributed by atoms with Crippen LogP contribution in [0.25, 0.3) is 10.9 Å². The summed E-state index contributed by atoms with van der Waals surface area (Å²) in [5, 5.41) is 1.13. The first-order valence-corrected chi connectivity index (χ1v) is 6.05. The molecule has 0 unspecified atom stereocenters. The van der Waals surface area contributed by atoms with Crippen LogP contribution in [-0.4, -0.2) is 32.3 Å². The minimum absolute atomic E-state index is 0.522. The van der Waals surface area contributed by atoms with E-state index in [9.17, 15) is 0 Å². The van der Waals surface area contributed by atoms with Crippen molar-refractivity contribution in [2.45, 2.75) is 6.54 Å². The van der Waals surface area contributed by atoms with Crippen LogP contribution in [0.3, 0.4) is 0 Å². The molecule has 0 spiro atoms. The first-order valence-electron chi connectivity index (χ1n) is 6.05. The van der Waals surface area contributed by atoms with E-state index in [1.807, 2.05) is 25.2 Å². The average Bonchev–Trinajstić information content (AvgIpc) is 2.43. The van der Waals surface area contributed by atoms with E-state index in [0.717, 1.165) is 28.8 Å². The largest absolute Gasteiger partial charge is 0.383 e. The van der Waals surface area contributed by atoms with Crippen LogP contribution in [-0.2, 0) is 11.3 Å². The fourth-order valence-electron chi connectivity index (χ4n) is 1.94. The van der Waals surface area contributed by atoms with Gasteiger partial charge in [0, 0.05) is 32.6 Å². The number of methoxy groups -OCH3 is 1. The maximum absolute atomic E-state index is 5.81. The molecule has 2 rings (SSSR count). The Kier molecular flexibility index (Phi) is 4.12. The van der Waals surface area contributed by atoms with Crippen molar-refractivity contribution in [2.24, 2.45) is 5.73 Å². The number of rotatable bonds is 5. The van der Waals surface area contributed by atoms with Gasteiger partial charge in [-0.25, -0.2) is 4.98 Å². The van der Waals surface area contributed by atoms with Gasteiger partial charge in [-0.1, -0.05) is 18.2 Å². The molecule has 0 saturated carbocycles. The SMILES string of the molecule is COCCN(C)c1cc(CN)c2ccccc2n1. The molecule has 0 atom stereocenters. The molecular formula is C14H19N3O. The van der Waals surface area contributed by atoms with E-state index < -0.39 is 0 Å². The number of hydrogen-bond donors (Lipinski definition) is 1. The van der Waals surface area contributed by atoms with Crippen molar-refractivity contribution in [1.82, 2.24) is 4.98 Å². The Hall–Kier alpha value is -1.65. The van der Waals surface area contributed by atoms with Crippen molar-refractivity contribution in [1.29, 1.82) is 0 Å². The normalized spacial score (nSPS) is 10.8. The molecule has 4 nitrogen and oxygen atoms in total. The monoisotopic (exact) mass is 245 g/mol. The maximum atomic E-state index is 5.81. The zero-order chi connectivity index (χ0) is 13.0. The molecule has 1 aromatic carbocycles. The van der Waals surface area contributed by atoms with Crippen LogP contribution < -0.4 is 10.6 Å². The van der Waals surface area contributed by atoms with Gasteiger partial charge in [0.25, 0.3) is 0 Å². The summed E-state index contributed by atoms with van der Waals surface area (Å²) < 4.78 is 5.08. The Morgan fingerprint density at radius 2 is 2.11 bits per heavy atom. The van der Waals surface area contributed by atoms with Gasteiger partial charge in [0.05, 0.1) is 12.1 Å². The molecule has 18 heavy (non-hydrogen) atoms. The predicted octanol–water partition coefficient (Wildman–Crippen LogP) is 1.78. The summed E-state index contributed by atoms with van der Waals surface area (Å²) in [4.78, 5) is 6.73. The van der Waals surface area contributed by atoms with Gasteiger partial charge >= 0.3 is 0 Å². The standard InChI is InChI=1S/C14H19N3O/c1-17(7-8-18-2)14-9-11(10-15)12-5-3-4-6-13(12)16-14/h3-6,9H,7-8,10,15H2,1-2H3. The number of benzene rings is 1. The summed E-state index contributed by atoms with van der Waals surface area (Å²) >= 11 is 0. The molecule has 1 aromatic heterocycles. The van der Waals surface area contributed by atoms with Gasteiger partial charge in [-0.05, 0) is 17.7 Å². The minimum atomic E-state index is 0.522. The van der Waals surface area contributed by atoms with Crippen LogP contribution in [0.2, 0.25) is 0 Å². The van der Waals surface area contributed by atoms with Crippen molar-refractivity contribution >= 4 is 16.7 Å². The summed E-state index contributed by atoms with van der Waals surface area (Å²) in [5.74, 6) is 0.936. The number of pyridine rings is 1. The van der Waals surface area contributed by atoms with E-state index in [-0.39, 0.29) is 0 Å². The molecule has 0 bridgehead atoms. The Morgan fingerprint density at radius 3 is 2.83 bits per heavy atom. The smallest absolute Gasteiger partial charge is 0.129 e. The van der Waals surface area contributed by atoms with Crippen LogP contribution >= 0.6 is 0 Å². The van der Waals surface area contributed by atoms with E-state index in [2.05, 4.69) is 22.0 Å². The predicted molar refractivity (Wildman–Crippen MR) is 74.8 cm³/mol. The van der Waals surface area contributed by atoms with E-state index >= 15 is 0 Å². The Labute approximate surface area is 107 Å². The highest BCUT2D eigenvalue weighted by molar-refractivity contribution is 5.84. The lowest BCUT2D eigenvalue weighted by Gasteiger charge is -2.19. The second kappa shape index (κ2) is 5.80. The van der Waals surface area contributed by atoms with Crippen molar-refractivity contribution in [3.63, 3.8) is 0 Å².